The quantitative estimate of drug-likeness (QED) is 0.657. The summed E-state index contributed by atoms with van der Waals surface area (Å²) in [4.78, 5) is 16.0. The fraction of sp³-hybridized carbons (Fsp3) is 0.100. The summed E-state index contributed by atoms with van der Waals surface area (Å²) >= 11 is 0. The Morgan fingerprint density at radius 2 is 1.88 bits per heavy atom. The van der Waals surface area contributed by atoms with Crippen molar-refractivity contribution in [2.75, 3.05) is 6.61 Å². The van der Waals surface area contributed by atoms with Gasteiger partial charge < -0.3 is 14.5 Å². The van der Waals surface area contributed by atoms with Crippen LogP contribution in [-0.2, 0) is 11.3 Å². The lowest BCUT2D eigenvalue weighted by atomic mass is 10.2. The summed E-state index contributed by atoms with van der Waals surface area (Å²) in [5.74, 6) is 0.738. The van der Waals surface area contributed by atoms with Crippen molar-refractivity contribution in [3.8, 4) is 5.75 Å². The molecule has 0 fully saturated rings. The number of hydrogen-bond donors (Lipinski definition) is 1. The third kappa shape index (κ3) is 5.31. The van der Waals surface area contributed by atoms with Crippen molar-refractivity contribution in [1.82, 2.24) is 5.32 Å². The molecule has 1 heterocycles. The van der Waals surface area contributed by atoms with Crippen LogP contribution in [0.15, 0.2) is 76.3 Å². The second kappa shape index (κ2) is 8.62. The van der Waals surface area contributed by atoms with Gasteiger partial charge in [-0.25, -0.2) is 4.39 Å². The number of nitrogens with zero attached hydrogens (tertiary/aromatic N) is 1. The first kappa shape index (κ1) is 17.4. The molecule has 3 aromatic rings. The number of hydrogen-bond acceptors (Lipinski definition) is 4. The average Bonchev–Trinajstić information content (AvgIpc) is 3.19. The summed E-state index contributed by atoms with van der Waals surface area (Å²) in [6, 6.07) is 16.6. The van der Waals surface area contributed by atoms with Gasteiger partial charge in [-0.15, -0.1) is 0 Å². The van der Waals surface area contributed by atoms with E-state index in [1.54, 1.807) is 48.9 Å². The summed E-state index contributed by atoms with van der Waals surface area (Å²) in [6.07, 6.45) is 3.23. The second-order valence-corrected chi connectivity index (χ2v) is 5.45. The zero-order chi connectivity index (χ0) is 18.2. The number of rotatable bonds is 7. The molecule has 3 rings (SSSR count). The van der Waals surface area contributed by atoms with Gasteiger partial charge in [0, 0.05) is 6.21 Å². The van der Waals surface area contributed by atoms with Gasteiger partial charge in [0.1, 0.15) is 17.3 Å². The highest BCUT2D eigenvalue weighted by atomic mass is 19.1. The van der Waals surface area contributed by atoms with Gasteiger partial charge in [-0.3, -0.25) is 9.79 Å². The van der Waals surface area contributed by atoms with Crippen LogP contribution in [0.25, 0.3) is 0 Å². The van der Waals surface area contributed by atoms with Crippen molar-refractivity contribution in [2.24, 2.45) is 4.99 Å². The maximum Gasteiger partial charge on any atom is 0.258 e. The number of ether oxygens (including phenoxy) is 1. The maximum absolute atomic E-state index is 12.8. The minimum absolute atomic E-state index is 0.0796. The van der Waals surface area contributed by atoms with E-state index >= 15 is 0 Å². The van der Waals surface area contributed by atoms with Crippen molar-refractivity contribution in [2.45, 2.75) is 6.54 Å². The minimum Gasteiger partial charge on any atom is -0.484 e. The summed E-state index contributed by atoms with van der Waals surface area (Å²) in [6.45, 7) is 0.248. The van der Waals surface area contributed by atoms with Crippen LogP contribution in [0.4, 0.5) is 10.1 Å². The van der Waals surface area contributed by atoms with Crippen LogP contribution in [0.3, 0.4) is 0 Å². The third-order valence-corrected chi connectivity index (χ3v) is 3.48. The summed E-state index contributed by atoms with van der Waals surface area (Å²) in [7, 11) is 0. The Morgan fingerprint density at radius 3 is 2.58 bits per heavy atom. The van der Waals surface area contributed by atoms with Gasteiger partial charge in [0.15, 0.2) is 6.61 Å². The molecule has 0 radical (unpaired) electrons. The summed E-state index contributed by atoms with van der Waals surface area (Å²) in [5, 5.41) is 2.70. The first-order valence-electron chi connectivity index (χ1n) is 8.00. The average molecular weight is 352 g/mol. The topological polar surface area (TPSA) is 63.8 Å². The fourth-order valence-electron chi connectivity index (χ4n) is 2.13. The molecule has 0 aliphatic rings. The van der Waals surface area contributed by atoms with Crippen LogP contribution < -0.4 is 10.1 Å². The van der Waals surface area contributed by atoms with Gasteiger partial charge in [0.25, 0.3) is 5.91 Å². The number of halogens is 1. The molecule has 0 aliphatic carbocycles. The Kier molecular flexibility index (Phi) is 5.77. The van der Waals surface area contributed by atoms with E-state index in [1.807, 2.05) is 12.1 Å². The lowest BCUT2D eigenvalue weighted by molar-refractivity contribution is -0.123. The Balaban J connectivity index is 1.46. The van der Waals surface area contributed by atoms with Gasteiger partial charge in [0.2, 0.25) is 0 Å². The standard InChI is InChI=1S/C20H17FN2O3/c21-16-5-7-17(8-6-16)22-12-15-3-9-18(10-4-15)26-14-20(24)23-13-19-2-1-11-25-19/h1-12H,13-14H2,(H,23,24). The van der Waals surface area contributed by atoms with Crippen molar-refractivity contribution in [3.05, 3.63) is 84.1 Å². The molecule has 26 heavy (non-hydrogen) atoms. The number of nitrogens with one attached hydrogen (secondary N) is 1. The monoisotopic (exact) mass is 352 g/mol. The molecule has 132 valence electrons. The number of amides is 1. The molecule has 2 aromatic carbocycles. The second-order valence-electron chi connectivity index (χ2n) is 5.45. The fourth-order valence-corrected chi connectivity index (χ4v) is 2.13. The Labute approximate surface area is 150 Å². The minimum atomic E-state index is -0.293. The van der Waals surface area contributed by atoms with E-state index in [9.17, 15) is 9.18 Å². The molecule has 0 saturated heterocycles. The molecule has 0 bridgehead atoms. The number of carbonyl (C=O) groups is 1. The Hall–Kier alpha value is -3.41. The highest BCUT2D eigenvalue weighted by molar-refractivity contribution is 5.82. The predicted octanol–water partition coefficient (Wildman–Crippen LogP) is 3.86. The summed E-state index contributed by atoms with van der Waals surface area (Å²) in [5.41, 5.74) is 1.53. The van der Waals surface area contributed by atoms with Gasteiger partial charge in [-0.1, -0.05) is 0 Å². The molecule has 0 unspecified atom stereocenters. The molecular weight excluding hydrogens is 335 g/mol. The van der Waals surface area contributed by atoms with Crippen LogP contribution in [-0.4, -0.2) is 18.7 Å². The Morgan fingerprint density at radius 1 is 1.12 bits per heavy atom. The van der Waals surface area contributed by atoms with Crippen molar-refractivity contribution in [1.29, 1.82) is 0 Å². The van der Waals surface area contributed by atoms with Crippen LogP contribution in [0.5, 0.6) is 5.75 Å². The molecule has 1 amide bonds. The van der Waals surface area contributed by atoms with Crippen molar-refractivity contribution >= 4 is 17.8 Å². The van der Waals surface area contributed by atoms with Crippen molar-refractivity contribution in [3.63, 3.8) is 0 Å². The molecule has 1 N–H and O–H groups in total. The zero-order valence-corrected chi connectivity index (χ0v) is 13.9. The third-order valence-electron chi connectivity index (χ3n) is 3.48. The zero-order valence-electron chi connectivity index (χ0n) is 13.9. The molecule has 0 spiro atoms. The van der Waals surface area contributed by atoms with Gasteiger partial charge in [-0.2, -0.15) is 0 Å². The largest absolute Gasteiger partial charge is 0.484 e. The molecule has 6 heteroatoms. The van der Waals surface area contributed by atoms with Gasteiger partial charge >= 0.3 is 0 Å². The van der Waals surface area contributed by atoms with Crippen molar-refractivity contribution < 1.29 is 18.3 Å². The smallest absolute Gasteiger partial charge is 0.258 e. The SMILES string of the molecule is O=C(COc1ccc(C=Nc2ccc(F)cc2)cc1)NCc1ccco1. The molecular formula is C20H17FN2O3. The van der Waals surface area contributed by atoms with Crippen LogP contribution in [0, 0.1) is 5.82 Å². The van der Waals surface area contributed by atoms with Crippen LogP contribution in [0.2, 0.25) is 0 Å². The molecule has 0 aliphatic heterocycles. The van der Waals surface area contributed by atoms with E-state index in [0.717, 1.165) is 5.56 Å². The molecule has 0 saturated carbocycles. The Bertz CT molecular complexity index is 857. The lowest BCUT2D eigenvalue weighted by Crippen LogP contribution is -2.28. The molecule has 1 aromatic heterocycles. The predicted molar refractivity (Wildman–Crippen MR) is 96.1 cm³/mol. The van der Waals surface area contributed by atoms with Gasteiger partial charge in [0.05, 0.1) is 18.5 Å². The first-order chi connectivity index (χ1) is 12.7. The summed E-state index contributed by atoms with van der Waals surface area (Å²) < 4.78 is 23.4. The molecule has 0 atom stereocenters. The van der Waals surface area contributed by atoms with Crippen LogP contribution in [0.1, 0.15) is 11.3 Å². The van der Waals surface area contributed by atoms with E-state index in [4.69, 9.17) is 9.15 Å². The van der Waals surface area contributed by atoms with E-state index in [0.29, 0.717) is 23.7 Å². The van der Waals surface area contributed by atoms with Gasteiger partial charge in [-0.05, 0) is 66.2 Å². The van der Waals surface area contributed by atoms with E-state index < -0.39 is 0 Å². The normalized spacial score (nSPS) is 10.8. The van der Waals surface area contributed by atoms with Crippen LogP contribution >= 0.6 is 0 Å². The highest BCUT2D eigenvalue weighted by Crippen LogP contribution is 2.14. The maximum atomic E-state index is 12.8. The number of carbonyl (C=O) groups excluding carboxylic acids is 1. The first-order valence-corrected chi connectivity index (χ1v) is 8.00. The highest BCUT2D eigenvalue weighted by Gasteiger charge is 2.04. The number of benzene rings is 2. The lowest BCUT2D eigenvalue weighted by Gasteiger charge is -2.06. The molecule has 5 nitrogen and oxygen atoms in total. The van der Waals surface area contributed by atoms with E-state index in [1.165, 1.54) is 12.1 Å². The number of aliphatic imine (C=N–C) groups is 1. The van der Waals surface area contributed by atoms with E-state index in [2.05, 4.69) is 10.3 Å². The van der Waals surface area contributed by atoms with E-state index in [-0.39, 0.29) is 18.3 Å². The number of furan rings is 1.